The molecule has 5 heteroatoms. The van der Waals surface area contributed by atoms with E-state index in [-0.39, 0.29) is 5.75 Å². The summed E-state index contributed by atoms with van der Waals surface area (Å²) in [7, 11) is 0. The van der Waals surface area contributed by atoms with Crippen molar-refractivity contribution >= 4 is 23.1 Å². The standard InChI is InChI=1S/C14H10N3O2/c18-8-15-11-2-1-3-12-13(11)17-14(16-12)9-4-6-10(19)7-5-9/h1-7,19H,(H,15,18)(H,16,17). The minimum atomic E-state index is 0.206. The van der Waals surface area contributed by atoms with Crippen molar-refractivity contribution in [2.45, 2.75) is 0 Å². The molecule has 93 valence electrons. The Bertz CT molecular complexity index is 732. The van der Waals surface area contributed by atoms with Crippen LogP contribution in [-0.4, -0.2) is 21.5 Å². The van der Waals surface area contributed by atoms with Crippen molar-refractivity contribution in [3.8, 4) is 17.1 Å². The monoisotopic (exact) mass is 252 g/mol. The number of para-hydroxylation sites is 1. The summed E-state index contributed by atoms with van der Waals surface area (Å²) in [4.78, 5) is 18.1. The third-order valence-electron chi connectivity index (χ3n) is 2.84. The zero-order valence-corrected chi connectivity index (χ0v) is 9.84. The highest BCUT2D eigenvalue weighted by atomic mass is 16.3. The zero-order chi connectivity index (χ0) is 13.2. The molecule has 0 fully saturated rings. The smallest absolute Gasteiger partial charge is 0.314 e. The summed E-state index contributed by atoms with van der Waals surface area (Å²) in [6.45, 7) is 0. The number of H-pyrrole nitrogens is 1. The highest BCUT2D eigenvalue weighted by molar-refractivity contribution is 5.94. The summed E-state index contributed by atoms with van der Waals surface area (Å²) in [5.41, 5.74) is 2.96. The van der Waals surface area contributed by atoms with E-state index in [1.807, 2.05) is 12.1 Å². The molecule has 0 aliphatic carbocycles. The topological polar surface area (TPSA) is 78.0 Å². The molecule has 2 aromatic carbocycles. The number of nitrogens with zero attached hydrogens (tertiary/aromatic N) is 1. The van der Waals surface area contributed by atoms with Gasteiger partial charge in [-0.2, -0.15) is 0 Å². The molecule has 1 amide bonds. The van der Waals surface area contributed by atoms with Crippen LogP contribution in [0.15, 0.2) is 42.5 Å². The van der Waals surface area contributed by atoms with Crippen molar-refractivity contribution in [3.63, 3.8) is 0 Å². The first-order chi connectivity index (χ1) is 9.28. The number of imidazole rings is 1. The fourth-order valence-corrected chi connectivity index (χ4v) is 1.94. The summed E-state index contributed by atoms with van der Waals surface area (Å²) in [5, 5.41) is 11.8. The number of anilines is 1. The van der Waals surface area contributed by atoms with Crippen molar-refractivity contribution < 1.29 is 9.90 Å². The quantitative estimate of drug-likeness (QED) is 0.626. The molecule has 0 atom stereocenters. The van der Waals surface area contributed by atoms with Crippen molar-refractivity contribution in [1.82, 2.24) is 9.97 Å². The number of phenols is 1. The van der Waals surface area contributed by atoms with Gasteiger partial charge in [0, 0.05) is 5.56 Å². The fraction of sp³-hybridized carbons (Fsp3) is 0. The molecule has 1 heterocycles. The van der Waals surface area contributed by atoms with Crippen molar-refractivity contribution in [2.24, 2.45) is 0 Å². The van der Waals surface area contributed by atoms with E-state index >= 15 is 0 Å². The SMILES string of the molecule is O=[C]Nc1cccc2[nH]c(-c3ccc(O)cc3)nc12. The van der Waals surface area contributed by atoms with E-state index in [4.69, 9.17) is 0 Å². The van der Waals surface area contributed by atoms with Gasteiger partial charge in [0.2, 0.25) is 0 Å². The average molecular weight is 252 g/mol. The Morgan fingerprint density at radius 2 is 1.95 bits per heavy atom. The lowest BCUT2D eigenvalue weighted by atomic mass is 10.2. The Kier molecular flexibility index (Phi) is 2.64. The van der Waals surface area contributed by atoms with Gasteiger partial charge in [-0.05, 0) is 36.4 Å². The number of carbonyl (C=O) groups excluding carboxylic acids is 1. The maximum absolute atomic E-state index is 10.4. The molecule has 0 saturated heterocycles. The number of rotatable bonds is 3. The largest absolute Gasteiger partial charge is 0.508 e. The maximum atomic E-state index is 10.4. The van der Waals surface area contributed by atoms with Crippen LogP contribution in [0.3, 0.4) is 0 Å². The summed E-state index contributed by atoms with van der Waals surface area (Å²) in [6.07, 6.45) is 1.65. The molecule has 0 saturated carbocycles. The van der Waals surface area contributed by atoms with Crippen LogP contribution in [-0.2, 0) is 4.79 Å². The third kappa shape index (κ3) is 2.01. The number of nitrogens with one attached hydrogen (secondary N) is 2. The minimum Gasteiger partial charge on any atom is -0.508 e. The van der Waals surface area contributed by atoms with Crippen LogP contribution in [0.1, 0.15) is 0 Å². The van der Waals surface area contributed by atoms with Gasteiger partial charge in [-0.1, -0.05) is 6.07 Å². The number of aromatic hydroxyl groups is 1. The normalized spacial score (nSPS) is 10.5. The molecular formula is C14H10N3O2. The molecule has 19 heavy (non-hydrogen) atoms. The van der Waals surface area contributed by atoms with E-state index in [1.54, 1.807) is 36.7 Å². The van der Waals surface area contributed by atoms with Gasteiger partial charge < -0.3 is 15.4 Å². The molecule has 0 aliphatic heterocycles. The van der Waals surface area contributed by atoms with E-state index in [2.05, 4.69) is 15.3 Å². The van der Waals surface area contributed by atoms with Gasteiger partial charge in [-0.3, -0.25) is 4.79 Å². The van der Waals surface area contributed by atoms with Crippen LogP contribution >= 0.6 is 0 Å². The van der Waals surface area contributed by atoms with Crippen molar-refractivity contribution in [3.05, 3.63) is 42.5 Å². The number of hydrogen-bond acceptors (Lipinski definition) is 3. The lowest BCUT2D eigenvalue weighted by molar-refractivity contribution is 0.475. The molecule has 1 aromatic heterocycles. The van der Waals surface area contributed by atoms with E-state index in [0.29, 0.717) is 17.0 Å². The first kappa shape index (κ1) is 11.3. The fourth-order valence-electron chi connectivity index (χ4n) is 1.94. The van der Waals surface area contributed by atoms with Gasteiger partial charge in [-0.15, -0.1) is 0 Å². The summed E-state index contributed by atoms with van der Waals surface area (Å²) in [5.74, 6) is 0.882. The maximum Gasteiger partial charge on any atom is 0.314 e. The second-order valence-corrected chi connectivity index (χ2v) is 4.06. The second-order valence-electron chi connectivity index (χ2n) is 4.06. The van der Waals surface area contributed by atoms with Gasteiger partial charge in [-0.25, -0.2) is 4.98 Å². The number of aromatic amines is 1. The predicted molar refractivity (Wildman–Crippen MR) is 72.5 cm³/mol. The minimum absolute atomic E-state index is 0.206. The lowest BCUT2D eigenvalue weighted by Crippen LogP contribution is -1.93. The molecule has 3 N–H and O–H groups in total. The molecule has 0 spiro atoms. The van der Waals surface area contributed by atoms with Crippen LogP contribution in [0.5, 0.6) is 5.75 Å². The second kappa shape index (κ2) is 4.45. The number of fused-ring (bicyclic) bond motifs is 1. The molecule has 0 unspecified atom stereocenters. The highest BCUT2D eigenvalue weighted by Crippen LogP contribution is 2.26. The van der Waals surface area contributed by atoms with Crippen LogP contribution in [0.2, 0.25) is 0 Å². The van der Waals surface area contributed by atoms with E-state index in [1.165, 1.54) is 0 Å². The average Bonchev–Trinajstić information content (AvgIpc) is 2.85. The van der Waals surface area contributed by atoms with E-state index in [0.717, 1.165) is 11.1 Å². The summed E-state index contributed by atoms with van der Waals surface area (Å²) >= 11 is 0. The van der Waals surface area contributed by atoms with Gasteiger partial charge in [0.1, 0.15) is 17.1 Å². The first-order valence-electron chi connectivity index (χ1n) is 5.69. The number of hydrogen-bond donors (Lipinski definition) is 3. The molecule has 1 radical (unpaired) electrons. The van der Waals surface area contributed by atoms with Crippen molar-refractivity contribution in [2.75, 3.05) is 5.32 Å². The van der Waals surface area contributed by atoms with Crippen molar-refractivity contribution in [1.29, 1.82) is 0 Å². The molecule has 5 nitrogen and oxygen atoms in total. The zero-order valence-electron chi connectivity index (χ0n) is 9.84. The summed E-state index contributed by atoms with van der Waals surface area (Å²) < 4.78 is 0. The predicted octanol–water partition coefficient (Wildman–Crippen LogP) is 2.41. The Labute approximate surface area is 108 Å². The van der Waals surface area contributed by atoms with Crippen LogP contribution < -0.4 is 5.32 Å². The van der Waals surface area contributed by atoms with Gasteiger partial charge in [0.05, 0.1) is 11.2 Å². The number of benzene rings is 2. The number of aromatic nitrogens is 2. The number of amides is 1. The molecule has 3 rings (SSSR count). The Balaban J connectivity index is 2.13. The molecule has 0 bridgehead atoms. The van der Waals surface area contributed by atoms with Gasteiger partial charge in [0.25, 0.3) is 0 Å². The molecule has 3 aromatic rings. The van der Waals surface area contributed by atoms with E-state index in [9.17, 15) is 9.90 Å². The summed E-state index contributed by atoms with van der Waals surface area (Å²) in [6, 6.07) is 12.2. The Hall–Kier alpha value is -2.82. The van der Waals surface area contributed by atoms with Gasteiger partial charge >= 0.3 is 6.41 Å². The van der Waals surface area contributed by atoms with E-state index < -0.39 is 0 Å². The lowest BCUT2D eigenvalue weighted by Gasteiger charge is -1.97. The molecular weight excluding hydrogens is 242 g/mol. The van der Waals surface area contributed by atoms with Crippen LogP contribution in [0, 0.1) is 0 Å². The number of phenolic OH excluding ortho intramolecular Hbond substituents is 1. The third-order valence-corrected chi connectivity index (χ3v) is 2.84. The van der Waals surface area contributed by atoms with Crippen LogP contribution in [0.4, 0.5) is 5.69 Å². The Morgan fingerprint density at radius 3 is 2.68 bits per heavy atom. The van der Waals surface area contributed by atoms with Crippen LogP contribution in [0.25, 0.3) is 22.4 Å². The molecule has 0 aliphatic rings. The first-order valence-corrected chi connectivity index (χ1v) is 5.69. The Morgan fingerprint density at radius 1 is 1.16 bits per heavy atom. The van der Waals surface area contributed by atoms with Gasteiger partial charge in [0.15, 0.2) is 0 Å². The highest BCUT2D eigenvalue weighted by Gasteiger charge is 2.08.